The number of anilines is 1. The van der Waals surface area contributed by atoms with Gasteiger partial charge in [-0.2, -0.15) is 5.10 Å². The molecular formula is C24H30N6O3. The third-order valence-electron chi connectivity index (χ3n) is 6.71. The van der Waals surface area contributed by atoms with Crippen LogP contribution < -0.4 is 15.0 Å². The molecule has 2 aliphatic heterocycles. The number of piperazine rings is 1. The number of carbonyl (C=O) groups excluding carboxylic acids is 1. The standard InChI is InChI=1S/C24H30N6O3/c1-16(19-13-23(32)25-14-19)33-24-22-7-8-26-30(22)15-21(27-24)18-3-5-20(6-4-18)29-11-9-28(10-12-29)17(2)31/h3-8,15-16,19,23,25,32H,9-14H2,1-2H3/t16-,19-,23?/m1/s1. The van der Waals surface area contributed by atoms with Crippen molar-refractivity contribution in [3.8, 4) is 17.1 Å². The summed E-state index contributed by atoms with van der Waals surface area (Å²) in [5.74, 6) is 0.900. The van der Waals surface area contributed by atoms with Crippen LogP contribution in [0.5, 0.6) is 5.88 Å². The summed E-state index contributed by atoms with van der Waals surface area (Å²) in [4.78, 5) is 20.6. The maximum absolute atomic E-state index is 11.6. The predicted molar refractivity (Wildman–Crippen MR) is 125 cm³/mol. The Kier molecular flexibility index (Phi) is 5.90. The maximum atomic E-state index is 11.6. The van der Waals surface area contributed by atoms with Crippen LogP contribution >= 0.6 is 0 Å². The minimum atomic E-state index is -0.473. The molecule has 2 aromatic heterocycles. The number of benzene rings is 1. The Morgan fingerprint density at radius 3 is 2.61 bits per heavy atom. The summed E-state index contributed by atoms with van der Waals surface area (Å²) >= 11 is 0. The van der Waals surface area contributed by atoms with Gasteiger partial charge >= 0.3 is 0 Å². The van der Waals surface area contributed by atoms with Crippen LogP contribution in [0.4, 0.5) is 5.69 Å². The SMILES string of the molecule is CC(=O)N1CCN(c2ccc(-c3cn4nccc4c(O[C@H](C)[C@H]4CNC(O)C4)n3)cc2)CC1. The first-order chi connectivity index (χ1) is 16.0. The van der Waals surface area contributed by atoms with E-state index in [2.05, 4.69) is 39.6 Å². The van der Waals surface area contributed by atoms with E-state index in [1.165, 1.54) is 0 Å². The number of fused-ring (bicyclic) bond motifs is 1. The van der Waals surface area contributed by atoms with E-state index in [0.717, 1.165) is 55.2 Å². The molecule has 0 radical (unpaired) electrons. The molecule has 9 heteroatoms. The highest BCUT2D eigenvalue weighted by Gasteiger charge is 2.29. The molecule has 0 saturated carbocycles. The van der Waals surface area contributed by atoms with Crippen LogP contribution in [0.3, 0.4) is 0 Å². The lowest BCUT2D eigenvalue weighted by Gasteiger charge is -2.35. The number of aliphatic hydroxyl groups excluding tert-OH is 1. The lowest BCUT2D eigenvalue weighted by Crippen LogP contribution is -2.48. The highest BCUT2D eigenvalue weighted by molar-refractivity contribution is 5.73. The lowest BCUT2D eigenvalue weighted by atomic mass is 10.0. The molecule has 9 nitrogen and oxygen atoms in total. The Balaban J connectivity index is 1.35. The summed E-state index contributed by atoms with van der Waals surface area (Å²) in [5, 5.41) is 17.2. The topological polar surface area (TPSA) is 95.2 Å². The zero-order chi connectivity index (χ0) is 22.9. The molecule has 4 heterocycles. The van der Waals surface area contributed by atoms with Crippen molar-refractivity contribution in [2.75, 3.05) is 37.6 Å². The van der Waals surface area contributed by atoms with Gasteiger partial charge in [0, 0.05) is 56.8 Å². The number of nitrogens with one attached hydrogen (secondary N) is 1. The quantitative estimate of drug-likeness (QED) is 0.612. The first-order valence-corrected chi connectivity index (χ1v) is 11.5. The van der Waals surface area contributed by atoms with E-state index in [-0.39, 0.29) is 17.9 Å². The fourth-order valence-corrected chi connectivity index (χ4v) is 4.62. The molecule has 0 bridgehead atoms. The number of hydrogen-bond acceptors (Lipinski definition) is 7. The summed E-state index contributed by atoms with van der Waals surface area (Å²) in [5.41, 5.74) is 3.72. The second-order valence-electron chi connectivity index (χ2n) is 8.88. The average molecular weight is 451 g/mol. The van der Waals surface area contributed by atoms with Gasteiger partial charge in [-0.15, -0.1) is 0 Å². The van der Waals surface area contributed by atoms with Gasteiger partial charge in [0.15, 0.2) is 0 Å². The number of hydrogen-bond donors (Lipinski definition) is 2. The van der Waals surface area contributed by atoms with Crippen molar-refractivity contribution in [1.82, 2.24) is 24.8 Å². The molecule has 3 aromatic rings. The molecular weight excluding hydrogens is 420 g/mol. The second kappa shape index (κ2) is 8.99. The van der Waals surface area contributed by atoms with Gasteiger partial charge in [-0.05, 0) is 31.5 Å². The molecule has 174 valence electrons. The van der Waals surface area contributed by atoms with Crippen molar-refractivity contribution in [2.45, 2.75) is 32.6 Å². The summed E-state index contributed by atoms with van der Waals surface area (Å²) in [7, 11) is 0. The monoisotopic (exact) mass is 450 g/mol. The Hall–Kier alpha value is -3.17. The van der Waals surface area contributed by atoms with Gasteiger partial charge < -0.3 is 19.6 Å². The molecule has 2 saturated heterocycles. The van der Waals surface area contributed by atoms with Crippen LogP contribution in [-0.4, -0.2) is 75.6 Å². The van der Waals surface area contributed by atoms with Gasteiger partial charge in [0.25, 0.3) is 0 Å². The van der Waals surface area contributed by atoms with Crippen LogP contribution in [0.25, 0.3) is 16.8 Å². The molecule has 1 unspecified atom stereocenters. The highest BCUT2D eigenvalue weighted by Crippen LogP contribution is 2.28. The Bertz CT molecular complexity index is 1120. The molecule has 0 aliphatic carbocycles. The van der Waals surface area contributed by atoms with E-state index in [0.29, 0.717) is 12.3 Å². The van der Waals surface area contributed by atoms with Crippen molar-refractivity contribution in [3.05, 3.63) is 42.7 Å². The number of rotatable bonds is 5. The summed E-state index contributed by atoms with van der Waals surface area (Å²) in [6.07, 6.45) is 3.75. The fourth-order valence-electron chi connectivity index (χ4n) is 4.62. The van der Waals surface area contributed by atoms with E-state index in [4.69, 9.17) is 9.72 Å². The van der Waals surface area contributed by atoms with Gasteiger partial charge in [-0.3, -0.25) is 10.1 Å². The molecule has 0 spiro atoms. The smallest absolute Gasteiger partial charge is 0.240 e. The summed E-state index contributed by atoms with van der Waals surface area (Å²) < 4.78 is 8.06. The fraction of sp³-hybridized carbons (Fsp3) is 0.458. The number of ether oxygens (including phenoxy) is 1. The predicted octanol–water partition coefficient (Wildman–Crippen LogP) is 1.76. The minimum Gasteiger partial charge on any atom is -0.473 e. The van der Waals surface area contributed by atoms with Crippen molar-refractivity contribution in [1.29, 1.82) is 0 Å². The zero-order valence-corrected chi connectivity index (χ0v) is 19.0. The van der Waals surface area contributed by atoms with Crippen LogP contribution in [0, 0.1) is 5.92 Å². The third-order valence-corrected chi connectivity index (χ3v) is 6.71. The molecule has 2 fully saturated rings. The van der Waals surface area contributed by atoms with Gasteiger partial charge in [-0.25, -0.2) is 9.50 Å². The number of aromatic nitrogens is 3. The lowest BCUT2D eigenvalue weighted by molar-refractivity contribution is -0.129. The highest BCUT2D eigenvalue weighted by atomic mass is 16.5. The molecule has 1 aromatic carbocycles. The number of nitrogens with zero attached hydrogens (tertiary/aromatic N) is 5. The van der Waals surface area contributed by atoms with Gasteiger partial charge in [0.2, 0.25) is 11.8 Å². The maximum Gasteiger partial charge on any atom is 0.240 e. The first kappa shape index (κ1) is 21.7. The van der Waals surface area contributed by atoms with E-state index in [1.54, 1.807) is 17.6 Å². The molecule has 1 amide bonds. The number of amides is 1. The Labute approximate surface area is 193 Å². The molecule has 5 rings (SSSR count). The number of carbonyl (C=O) groups is 1. The van der Waals surface area contributed by atoms with Crippen LogP contribution in [-0.2, 0) is 4.79 Å². The Morgan fingerprint density at radius 1 is 1.18 bits per heavy atom. The zero-order valence-electron chi connectivity index (χ0n) is 19.0. The van der Waals surface area contributed by atoms with Crippen LogP contribution in [0.15, 0.2) is 42.7 Å². The second-order valence-corrected chi connectivity index (χ2v) is 8.88. The van der Waals surface area contributed by atoms with Crippen molar-refractivity contribution in [2.24, 2.45) is 5.92 Å². The summed E-state index contributed by atoms with van der Waals surface area (Å²) in [6, 6.07) is 10.2. The molecule has 2 N–H and O–H groups in total. The van der Waals surface area contributed by atoms with E-state index < -0.39 is 6.23 Å². The van der Waals surface area contributed by atoms with Gasteiger partial charge in [0.05, 0.1) is 18.1 Å². The van der Waals surface area contributed by atoms with Crippen LogP contribution in [0.2, 0.25) is 0 Å². The molecule has 33 heavy (non-hydrogen) atoms. The average Bonchev–Trinajstić information content (AvgIpc) is 3.48. The third kappa shape index (κ3) is 4.51. The van der Waals surface area contributed by atoms with E-state index in [9.17, 15) is 9.90 Å². The van der Waals surface area contributed by atoms with E-state index >= 15 is 0 Å². The van der Waals surface area contributed by atoms with E-state index in [1.807, 2.05) is 24.1 Å². The molecule has 3 atom stereocenters. The summed E-state index contributed by atoms with van der Waals surface area (Å²) in [6.45, 7) is 7.53. The first-order valence-electron chi connectivity index (χ1n) is 11.5. The molecule has 2 aliphatic rings. The minimum absolute atomic E-state index is 0.0906. The van der Waals surface area contributed by atoms with Crippen molar-refractivity contribution in [3.63, 3.8) is 0 Å². The normalized spacial score (nSPS) is 22.0. The largest absolute Gasteiger partial charge is 0.473 e. The van der Waals surface area contributed by atoms with Gasteiger partial charge in [0.1, 0.15) is 17.8 Å². The van der Waals surface area contributed by atoms with Crippen LogP contribution in [0.1, 0.15) is 20.3 Å². The Morgan fingerprint density at radius 2 is 1.94 bits per heavy atom. The number of aliphatic hydroxyl groups is 1. The van der Waals surface area contributed by atoms with Crippen molar-refractivity contribution >= 4 is 17.1 Å². The van der Waals surface area contributed by atoms with Gasteiger partial charge in [-0.1, -0.05) is 12.1 Å². The van der Waals surface area contributed by atoms with Crippen molar-refractivity contribution < 1.29 is 14.6 Å².